The molecule has 1 saturated carbocycles. The lowest BCUT2D eigenvalue weighted by Gasteiger charge is -2.32. The largest absolute Gasteiger partial charge is 0.482 e. The first kappa shape index (κ1) is 19.2. The molecule has 5 heteroatoms. The van der Waals surface area contributed by atoms with E-state index in [-0.39, 0.29) is 24.7 Å². The van der Waals surface area contributed by atoms with E-state index in [1.165, 1.54) is 5.56 Å². The van der Waals surface area contributed by atoms with Crippen molar-refractivity contribution in [2.45, 2.75) is 64.1 Å². The van der Waals surface area contributed by atoms with Gasteiger partial charge in [0.1, 0.15) is 5.75 Å². The number of rotatable bonds is 8. The molecule has 0 heterocycles. The highest BCUT2D eigenvalue weighted by molar-refractivity contribution is 5.68. The van der Waals surface area contributed by atoms with E-state index in [0.717, 1.165) is 50.5 Å². The molecule has 3 N–H and O–H groups in total. The molecular weight excluding hydrogens is 332 g/mol. The minimum absolute atomic E-state index is 0.239. The Kier molecular flexibility index (Phi) is 6.20. The molecule has 3 rings (SSSR count). The molecule has 0 amide bonds. The number of hydrogen-bond donors (Lipinski definition) is 3. The van der Waals surface area contributed by atoms with E-state index in [0.29, 0.717) is 17.6 Å². The van der Waals surface area contributed by atoms with Crippen LogP contribution in [0.1, 0.15) is 50.2 Å². The van der Waals surface area contributed by atoms with Gasteiger partial charge in [-0.2, -0.15) is 0 Å². The molecule has 5 atom stereocenters. The van der Waals surface area contributed by atoms with Crippen LogP contribution in [-0.2, 0) is 17.6 Å². The van der Waals surface area contributed by atoms with Crippen molar-refractivity contribution in [3.63, 3.8) is 0 Å². The summed E-state index contributed by atoms with van der Waals surface area (Å²) in [5.74, 6) is 0.766. The Morgan fingerprint density at radius 3 is 2.85 bits per heavy atom. The fourth-order valence-electron chi connectivity index (χ4n) is 4.94. The number of ether oxygens (including phenoxy) is 1. The van der Waals surface area contributed by atoms with E-state index in [1.807, 2.05) is 12.1 Å². The Hall–Kier alpha value is -1.59. The summed E-state index contributed by atoms with van der Waals surface area (Å²) in [5, 5.41) is 29.5. The molecule has 0 aromatic heterocycles. The maximum absolute atomic E-state index is 10.8. The number of aliphatic hydroxyl groups excluding tert-OH is 2. The normalized spacial score (nSPS) is 28.3. The molecule has 0 saturated heterocycles. The van der Waals surface area contributed by atoms with Crippen LogP contribution in [0, 0.1) is 17.8 Å². The number of carboxylic acids is 1. The quantitative estimate of drug-likeness (QED) is 0.662. The van der Waals surface area contributed by atoms with Gasteiger partial charge in [0.05, 0.1) is 12.2 Å². The van der Waals surface area contributed by atoms with E-state index in [2.05, 4.69) is 13.0 Å². The average Bonchev–Trinajstić information content (AvgIpc) is 2.90. The maximum Gasteiger partial charge on any atom is 0.341 e. The second kappa shape index (κ2) is 8.40. The summed E-state index contributed by atoms with van der Waals surface area (Å²) in [6.07, 6.45) is 5.37. The summed E-state index contributed by atoms with van der Waals surface area (Å²) < 4.78 is 5.48. The lowest BCUT2D eigenvalue weighted by atomic mass is 9.73. The molecule has 26 heavy (non-hydrogen) atoms. The monoisotopic (exact) mass is 362 g/mol. The van der Waals surface area contributed by atoms with E-state index in [4.69, 9.17) is 9.84 Å². The van der Waals surface area contributed by atoms with Gasteiger partial charge in [0.15, 0.2) is 6.61 Å². The Balaban J connectivity index is 1.70. The van der Waals surface area contributed by atoms with Crippen molar-refractivity contribution in [2.75, 3.05) is 6.61 Å². The Bertz CT molecular complexity index is 629. The number of carbonyl (C=O) groups is 1. The molecule has 1 aromatic rings. The lowest BCUT2D eigenvalue weighted by Crippen LogP contribution is -2.28. The highest BCUT2D eigenvalue weighted by Crippen LogP contribution is 2.48. The zero-order valence-electron chi connectivity index (χ0n) is 15.4. The fraction of sp³-hybridized carbons (Fsp3) is 0.667. The third kappa shape index (κ3) is 4.21. The van der Waals surface area contributed by atoms with Gasteiger partial charge in [0.2, 0.25) is 0 Å². The molecule has 144 valence electrons. The third-order valence-electron chi connectivity index (χ3n) is 6.15. The molecule has 5 nitrogen and oxygen atoms in total. The van der Waals surface area contributed by atoms with Crippen LogP contribution in [0.25, 0.3) is 0 Å². The van der Waals surface area contributed by atoms with Gasteiger partial charge in [-0.1, -0.05) is 25.5 Å². The van der Waals surface area contributed by atoms with Gasteiger partial charge in [-0.05, 0) is 73.5 Å². The third-order valence-corrected chi connectivity index (χ3v) is 6.15. The van der Waals surface area contributed by atoms with Gasteiger partial charge in [-0.3, -0.25) is 0 Å². The number of hydrogen-bond acceptors (Lipinski definition) is 4. The van der Waals surface area contributed by atoms with Crippen LogP contribution in [0.15, 0.2) is 18.2 Å². The van der Waals surface area contributed by atoms with Crippen LogP contribution in [0.3, 0.4) is 0 Å². The molecule has 2 aliphatic rings. The molecule has 0 radical (unpaired) electrons. The van der Waals surface area contributed by atoms with Crippen LogP contribution in [0.2, 0.25) is 0 Å². The van der Waals surface area contributed by atoms with Gasteiger partial charge in [0, 0.05) is 0 Å². The van der Waals surface area contributed by atoms with Gasteiger partial charge in [-0.15, -0.1) is 0 Å². The summed E-state index contributed by atoms with van der Waals surface area (Å²) >= 11 is 0. The molecule has 1 aromatic carbocycles. The lowest BCUT2D eigenvalue weighted by molar-refractivity contribution is -0.139. The molecule has 0 aliphatic heterocycles. The van der Waals surface area contributed by atoms with E-state index in [1.54, 1.807) is 0 Å². The number of fused-ring (bicyclic) bond motifs is 2. The topological polar surface area (TPSA) is 87.0 Å². The molecule has 0 spiro atoms. The summed E-state index contributed by atoms with van der Waals surface area (Å²) in [4.78, 5) is 10.8. The molecule has 0 bridgehead atoms. The van der Waals surface area contributed by atoms with Crippen molar-refractivity contribution in [2.24, 2.45) is 17.8 Å². The van der Waals surface area contributed by atoms with E-state index >= 15 is 0 Å². The van der Waals surface area contributed by atoms with Crippen molar-refractivity contribution >= 4 is 5.97 Å². The van der Waals surface area contributed by atoms with Crippen LogP contribution < -0.4 is 4.74 Å². The van der Waals surface area contributed by atoms with Gasteiger partial charge >= 0.3 is 5.97 Å². The first-order valence-electron chi connectivity index (χ1n) is 9.81. The van der Waals surface area contributed by atoms with Crippen LogP contribution >= 0.6 is 0 Å². The van der Waals surface area contributed by atoms with Crippen molar-refractivity contribution < 1.29 is 24.9 Å². The zero-order chi connectivity index (χ0) is 18.7. The standard InChI is InChI=1S/C21H30O5/c1-2-4-15(22)7-8-16-17-9-13-5-3-6-20(26-12-21(24)25)18(13)10-14(17)11-19(16)23/h3,5-6,14-17,19,22-23H,2,4,7-12H2,1H3,(H,24,25)/t14-,15+,16+,17-,19+/m0/s1. The van der Waals surface area contributed by atoms with E-state index < -0.39 is 5.97 Å². The van der Waals surface area contributed by atoms with Gasteiger partial charge < -0.3 is 20.1 Å². The van der Waals surface area contributed by atoms with Crippen molar-refractivity contribution in [1.29, 1.82) is 0 Å². The summed E-state index contributed by atoms with van der Waals surface area (Å²) in [5.41, 5.74) is 2.32. The second-order valence-corrected chi connectivity index (χ2v) is 7.90. The van der Waals surface area contributed by atoms with Crippen molar-refractivity contribution in [3.8, 4) is 5.75 Å². The minimum Gasteiger partial charge on any atom is -0.482 e. The van der Waals surface area contributed by atoms with Crippen molar-refractivity contribution in [1.82, 2.24) is 0 Å². The minimum atomic E-state index is -0.974. The SMILES string of the molecule is CCC[C@@H](O)CC[C@@H]1[C@H]2Cc3cccc(OCC(=O)O)c3C[C@H]2C[C@H]1O. The molecule has 0 unspecified atom stereocenters. The fourth-order valence-corrected chi connectivity index (χ4v) is 4.94. The summed E-state index contributed by atoms with van der Waals surface area (Å²) in [6.45, 7) is 1.75. The second-order valence-electron chi connectivity index (χ2n) is 7.90. The van der Waals surface area contributed by atoms with Gasteiger partial charge in [-0.25, -0.2) is 4.79 Å². The highest BCUT2D eigenvalue weighted by Gasteiger charge is 2.44. The number of benzene rings is 1. The first-order chi connectivity index (χ1) is 12.5. The summed E-state index contributed by atoms with van der Waals surface area (Å²) in [7, 11) is 0. The van der Waals surface area contributed by atoms with Gasteiger partial charge in [0.25, 0.3) is 0 Å². The predicted octanol–water partition coefficient (Wildman–Crippen LogP) is 2.80. The van der Waals surface area contributed by atoms with E-state index in [9.17, 15) is 15.0 Å². The average molecular weight is 362 g/mol. The molecule has 1 fully saturated rings. The number of aliphatic hydroxyl groups is 2. The highest BCUT2D eigenvalue weighted by atomic mass is 16.5. The number of carboxylic acid groups (broad SMARTS) is 1. The summed E-state index contributed by atoms with van der Waals surface area (Å²) in [6, 6.07) is 5.85. The zero-order valence-corrected chi connectivity index (χ0v) is 15.4. The Morgan fingerprint density at radius 1 is 1.31 bits per heavy atom. The van der Waals surface area contributed by atoms with Crippen LogP contribution in [0.5, 0.6) is 5.75 Å². The maximum atomic E-state index is 10.8. The first-order valence-corrected chi connectivity index (χ1v) is 9.81. The molecular formula is C21H30O5. The van der Waals surface area contributed by atoms with Crippen LogP contribution in [-0.4, -0.2) is 40.1 Å². The number of aliphatic carboxylic acids is 1. The smallest absolute Gasteiger partial charge is 0.341 e. The predicted molar refractivity (Wildman–Crippen MR) is 98.2 cm³/mol. The van der Waals surface area contributed by atoms with Crippen LogP contribution in [0.4, 0.5) is 0 Å². The van der Waals surface area contributed by atoms with Crippen molar-refractivity contribution in [3.05, 3.63) is 29.3 Å². The Morgan fingerprint density at radius 2 is 2.12 bits per heavy atom. The molecule has 2 aliphatic carbocycles. The Labute approximate surface area is 155 Å².